The number of hydrogen-bond acceptors (Lipinski definition) is 7. The topological polar surface area (TPSA) is 114 Å². The Morgan fingerprint density at radius 3 is 2.12 bits per heavy atom. The molecule has 2 atom stereocenters. The van der Waals surface area contributed by atoms with E-state index < -0.39 is 28.5 Å². The molecule has 1 N–H and O–H groups in total. The summed E-state index contributed by atoms with van der Waals surface area (Å²) in [5.74, 6) is 0.0598. The molecule has 0 saturated heterocycles. The van der Waals surface area contributed by atoms with Gasteiger partial charge in [-0.3, -0.25) is 13.9 Å². The largest absolute Gasteiger partial charge is 0.494 e. The number of sulfonamides is 1. The fourth-order valence-electron chi connectivity index (χ4n) is 5.34. The lowest BCUT2D eigenvalue weighted by atomic mass is 10.0. The number of carbonyl (C=O) groups excluding carboxylic acids is 2. The van der Waals surface area contributed by atoms with E-state index >= 15 is 0 Å². The van der Waals surface area contributed by atoms with Crippen molar-refractivity contribution in [1.82, 2.24) is 10.2 Å². The Morgan fingerprint density at radius 2 is 1.51 bits per heavy atom. The number of nitrogens with one attached hydrogen (secondary N) is 1. The Morgan fingerprint density at radius 1 is 0.824 bits per heavy atom. The molecule has 272 valence electrons. The Kier molecular flexibility index (Phi) is 14.0. The highest BCUT2D eigenvalue weighted by Crippen LogP contribution is 2.33. The van der Waals surface area contributed by atoms with E-state index in [1.54, 1.807) is 42.5 Å². The van der Waals surface area contributed by atoms with Crippen molar-refractivity contribution < 1.29 is 32.2 Å². The molecular formula is C38H43Cl2N3O7S. The van der Waals surface area contributed by atoms with Crippen molar-refractivity contribution in [2.45, 2.75) is 57.1 Å². The maximum absolute atomic E-state index is 14.8. The molecule has 0 saturated carbocycles. The van der Waals surface area contributed by atoms with Crippen LogP contribution < -0.4 is 23.8 Å². The van der Waals surface area contributed by atoms with E-state index in [4.69, 9.17) is 37.4 Å². The number of anilines is 1. The highest BCUT2D eigenvalue weighted by Gasteiger charge is 2.35. The third kappa shape index (κ3) is 10.1. The van der Waals surface area contributed by atoms with Crippen LogP contribution in [0.5, 0.6) is 17.2 Å². The van der Waals surface area contributed by atoms with Gasteiger partial charge in [-0.1, -0.05) is 66.5 Å². The molecule has 0 fully saturated rings. The lowest BCUT2D eigenvalue weighted by Gasteiger charge is -2.34. The highest BCUT2D eigenvalue weighted by molar-refractivity contribution is 7.92. The molecule has 4 aromatic carbocycles. The average Bonchev–Trinajstić information content (AvgIpc) is 3.13. The third-order valence-corrected chi connectivity index (χ3v) is 10.8. The maximum Gasteiger partial charge on any atom is 0.264 e. The van der Waals surface area contributed by atoms with Crippen LogP contribution >= 0.6 is 23.2 Å². The zero-order chi connectivity index (χ0) is 37.1. The summed E-state index contributed by atoms with van der Waals surface area (Å²) < 4.78 is 46.3. The summed E-state index contributed by atoms with van der Waals surface area (Å²) in [4.78, 5) is 30.1. The molecule has 4 rings (SSSR count). The molecule has 0 aromatic heterocycles. The van der Waals surface area contributed by atoms with Crippen LogP contribution in [0.3, 0.4) is 0 Å². The smallest absolute Gasteiger partial charge is 0.264 e. The van der Waals surface area contributed by atoms with Gasteiger partial charge in [-0.25, -0.2) is 8.42 Å². The second-order valence-corrected chi connectivity index (χ2v) is 14.4. The van der Waals surface area contributed by atoms with Crippen LogP contribution in [0, 0.1) is 0 Å². The van der Waals surface area contributed by atoms with Gasteiger partial charge in [-0.2, -0.15) is 0 Å². The van der Waals surface area contributed by atoms with Gasteiger partial charge in [-0.05, 0) is 79.9 Å². The van der Waals surface area contributed by atoms with Crippen LogP contribution in [-0.4, -0.2) is 64.6 Å². The number of amides is 2. The predicted octanol–water partition coefficient (Wildman–Crippen LogP) is 7.16. The first-order valence-corrected chi connectivity index (χ1v) is 18.7. The Hall–Kier alpha value is -4.45. The molecule has 2 amide bonds. The molecule has 0 aliphatic heterocycles. The van der Waals surface area contributed by atoms with Gasteiger partial charge in [0.05, 0.1) is 41.5 Å². The summed E-state index contributed by atoms with van der Waals surface area (Å²) >= 11 is 12.6. The minimum absolute atomic E-state index is 0.0608. The fraction of sp³-hybridized carbons (Fsp3) is 0.316. The molecule has 0 radical (unpaired) electrons. The van der Waals surface area contributed by atoms with Gasteiger partial charge in [0.15, 0.2) is 11.5 Å². The van der Waals surface area contributed by atoms with Crippen LogP contribution in [0.1, 0.15) is 38.3 Å². The molecule has 13 heteroatoms. The normalized spacial score (nSPS) is 12.4. The molecular weight excluding hydrogens is 713 g/mol. The number of nitrogens with zero attached hydrogens (tertiary/aromatic N) is 2. The first-order chi connectivity index (χ1) is 24.4. The second kappa shape index (κ2) is 18.2. The van der Waals surface area contributed by atoms with Crippen LogP contribution in [0.25, 0.3) is 0 Å². The van der Waals surface area contributed by atoms with E-state index in [-0.39, 0.29) is 46.3 Å². The highest BCUT2D eigenvalue weighted by atomic mass is 35.5. The molecule has 0 spiro atoms. The van der Waals surface area contributed by atoms with Gasteiger partial charge in [0.25, 0.3) is 10.0 Å². The fourth-order valence-corrected chi connectivity index (χ4v) is 7.09. The summed E-state index contributed by atoms with van der Waals surface area (Å²) in [6.07, 6.45) is 0.835. The van der Waals surface area contributed by atoms with E-state index in [1.165, 1.54) is 37.3 Å². The molecule has 0 aliphatic rings. The molecule has 0 heterocycles. The average molecular weight is 757 g/mol. The number of ether oxygens (including phenoxy) is 3. The van der Waals surface area contributed by atoms with Crippen molar-refractivity contribution >= 4 is 50.7 Å². The summed E-state index contributed by atoms with van der Waals surface area (Å²) in [6.45, 7) is 5.38. The SMILES string of the molecule is CCOc1ccc(N(CC(=O)N(Cc2ccc(Cl)c(Cl)c2)[C@@H](Cc2ccccc2)C(=O)N[C@@H](C)CC)S(=O)(=O)c2ccc(OC)c(OC)c2)cc1. The Balaban J connectivity index is 1.85. The van der Waals surface area contributed by atoms with Crippen molar-refractivity contribution in [3.8, 4) is 17.2 Å². The van der Waals surface area contributed by atoms with Crippen molar-refractivity contribution in [2.24, 2.45) is 0 Å². The zero-order valence-electron chi connectivity index (χ0n) is 29.3. The quantitative estimate of drug-likeness (QED) is 0.122. The first-order valence-electron chi connectivity index (χ1n) is 16.5. The standard InChI is InChI=1S/C38H43Cl2N3O7S/c1-6-26(3)41-38(45)34(22-27-11-9-8-10-12-27)42(24-28-13-19-32(39)33(40)21-28)37(44)25-43(29-14-16-30(17-15-29)50-7-2)51(46,47)31-18-20-35(48-4)36(23-31)49-5/h8-21,23,26,34H,6-7,22,24-25H2,1-5H3,(H,41,45)/t26-,34-/m0/s1. The number of halogens is 2. The van der Waals surface area contributed by atoms with E-state index in [0.717, 1.165) is 9.87 Å². The zero-order valence-corrected chi connectivity index (χ0v) is 31.6. The van der Waals surface area contributed by atoms with Crippen molar-refractivity contribution in [3.05, 3.63) is 112 Å². The predicted molar refractivity (Wildman–Crippen MR) is 201 cm³/mol. The molecule has 0 bridgehead atoms. The van der Waals surface area contributed by atoms with Crippen molar-refractivity contribution in [1.29, 1.82) is 0 Å². The van der Waals surface area contributed by atoms with Gasteiger partial charge < -0.3 is 24.4 Å². The molecule has 4 aromatic rings. The number of methoxy groups -OCH3 is 2. The number of hydrogen-bond donors (Lipinski definition) is 1. The number of benzene rings is 4. The van der Waals surface area contributed by atoms with Crippen molar-refractivity contribution in [3.63, 3.8) is 0 Å². The van der Waals surface area contributed by atoms with Crippen LogP contribution in [0.2, 0.25) is 10.0 Å². The lowest BCUT2D eigenvalue weighted by Crippen LogP contribution is -2.54. The maximum atomic E-state index is 14.8. The molecule has 0 aliphatic carbocycles. The van der Waals surface area contributed by atoms with Crippen molar-refractivity contribution in [2.75, 3.05) is 31.7 Å². The van der Waals surface area contributed by atoms with E-state index in [2.05, 4.69) is 5.32 Å². The molecule has 10 nitrogen and oxygen atoms in total. The Labute approximate surface area is 310 Å². The van der Waals surface area contributed by atoms with Crippen LogP contribution in [0.4, 0.5) is 5.69 Å². The van der Waals surface area contributed by atoms with Gasteiger partial charge >= 0.3 is 0 Å². The van der Waals surface area contributed by atoms with Crippen LogP contribution in [-0.2, 0) is 32.6 Å². The van der Waals surface area contributed by atoms with Crippen LogP contribution in [0.15, 0.2) is 95.9 Å². The third-order valence-electron chi connectivity index (χ3n) is 8.27. The minimum atomic E-state index is -4.41. The summed E-state index contributed by atoms with van der Waals surface area (Å²) in [6, 6.07) is 23.7. The van der Waals surface area contributed by atoms with Gasteiger partial charge in [-0.15, -0.1) is 0 Å². The Bertz CT molecular complexity index is 1890. The molecule has 0 unspecified atom stereocenters. The second-order valence-electron chi connectivity index (χ2n) is 11.7. The number of carbonyl (C=O) groups is 2. The first kappa shape index (κ1) is 39.3. The number of rotatable bonds is 17. The molecule has 51 heavy (non-hydrogen) atoms. The summed E-state index contributed by atoms with van der Waals surface area (Å²) in [7, 11) is -1.56. The van der Waals surface area contributed by atoms with Gasteiger partial charge in [0.1, 0.15) is 18.3 Å². The lowest BCUT2D eigenvalue weighted by molar-refractivity contribution is -0.140. The van der Waals surface area contributed by atoms with Gasteiger partial charge in [0, 0.05) is 25.1 Å². The minimum Gasteiger partial charge on any atom is -0.494 e. The summed E-state index contributed by atoms with van der Waals surface area (Å²) in [5, 5.41) is 3.63. The monoisotopic (exact) mass is 755 g/mol. The van der Waals surface area contributed by atoms with Gasteiger partial charge in [0.2, 0.25) is 11.8 Å². The van der Waals surface area contributed by atoms with E-state index in [9.17, 15) is 18.0 Å². The summed E-state index contributed by atoms with van der Waals surface area (Å²) in [5.41, 5.74) is 1.62. The van der Waals surface area contributed by atoms with E-state index in [0.29, 0.717) is 35.1 Å². The van der Waals surface area contributed by atoms with E-state index in [1.807, 2.05) is 51.1 Å².